The minimum atomic E-state index is -3.80. The maximum Gasteiger partial charge on any atom is 0.586 e. The Morgan fingerprint density at radius 3 is 2.39 bits per heavy atom. The average Bonchev–Trinajstić information content (AvgIpc) is 2.50. The summed E-state index contributed by atoms with van der Waals surface area (Å²) < 4.78 is 33.7. The molecule has 0 unspecified atom stereocenters. The van der Waals surface area contributed by atoms with E-state index >= 15 is 0 Å². The summed E-state index contributed by atoms with van der Waals surface area (Å²) in [6.45, 7) is -0.218. The predicted molar refractivity (Wildman–Crippen MR) is 48.2 cm³/mol. The zero-order valence-corrected chi connectivity index (χ0v) is 11.3. The van der Waals surface area contributed by atoms with Crippen LogP contribution in [-0.4, -0.2) is 22.6 Å². The number of rotatable bonds is 3. The third-order valence-electron chi connectivity index (χ3n) is 2.13. The van der Waals surface area contributed by atoms with Crippen LogP contribution in [0.3, 0.4) is 0 Å². The molecule has 0 fully saturated rings. The molecule has 0 atom stereocenters. The van der Waals surface area contributed by atoms with E-state index in [2.05, 4.69) is 9.47 Å². The van der Waals surface area contributed by atoms with E-state index in [0.717, 1.165) is 12.1 Å². The molecule has 0 aliphatic carbocycles. The third-order valence-corrected chi connectivity index (χ3v) is 2.13. The van der Waals surface area contributed by atoms with Gasteiger partial charge in [-0.2, -0.15) is 0 Å². The topological polar surface area (TPSA) is 88.0 Å². The molecule has 18 heavy (non-hydrogen) atoms. The van der Waals surface area contributed by atoms with Crippen molar-refractivity contribution in [1.82, 2.24) is 5.48 Å². The fraction of sp³-hybridized carbons (Fsp3) is 0.222. The van der Waals surface area contributed by atoms with Crippen LogP contribution >= 0.6 is 0 Å². The van der Waals surface area contributed by atoms with E-state index in [0.29, 0.717) is 0 Å². The number of fused-ring (bicyclic) bond motifs is 1. The standard InChI is InChI=1S/C9H7F2NO5.Re/c10-9(11)16-6-1-4(3-12-15)5(8(13)14)2-7(6)17-9;/h1-2,12,15H,3H2,(H,13,14);. The van der Waals surface area contributed by atoms with Gasteiger partial charge >= 0.3 is 12.3 Å². The van der Waals surface area contributed by atoms with Gasteiger partial charge in [0, 0.05) is 27.0 Å². The average molecular weight is 433 g/mol. The van der Waals surface area contributed by atoms with E-state index < -0.39 is 12.3 Å². The van der Waals surface area contributed by atoms with Crippen molar-refractivity contribution < 1.29 is 53.8 Å². The van der Waals surface area contributed by atoms with Crippen molar-refractivity contribution in [3.05, 3.63) is 23.3 Å². The number of hydrogen-bond acceptors (Lipinski definition) is 5. The number of aromatic carboxylic acids is 1. The van der Waals surface area contributed by atoms with Crippen LogP contribution in [-0.2, 0) is 27.0 Å². The second kappa shape index (κ2) is 5.16. The molecule has 0 bridgehead atoms. The van der Waals surface area contributed by atoms with Crippen LogP contribution in [0.2, 0.25) is 0 Å². The maximum atomic E-state index is 12.7. The summed E-state index contributed by atoms with van der Waals surface area (Å²) >= 11 is 0. The summed E-state index contributed by atoms with van der Waals surface area (Å²) in [4.78, 5) is 10.9. The first-order valence-electron chi connectivity index (χ1n) is 4.46. The molecular weight excluding hydrogens is 426 g/mol. The van der Waals surface area contributed by atoms with Crippen LogP contribution in [0.1, 0.15) is 15.9 Å². The van der Waals surface area contributed by atoms with Gasteiger partial charge < -0.3 is 19.8 Å². The van der Waals surface area contributed by atoms with Crippen molar-refractivity contribution in [1.29, 1.82) is 0 Å². The molecule has 6 nitrogen and oxygen atoms in total. The van der Waals surface area contributed by atoms with E-state index in [1.165, 1.54) is 0 Å². The van der Waals surface area contributed by atoms with Crippen LogP contribution in [0.5, 0.6) is 11.5 Å². The molecule has 9 heteroatoms. The van der Waals surface area contributed by atoms with Crippen LogP contribution in [0.4, 0.5) is 8.78 Å². The number of carboxylic acids is 1. The summed E-state index contributed by atoms with van der Waals surface area (Å²) in [5, 5.41) is 17.4. The number of ether oxygens (including phenoxy) is 2. The molecule has 1 heterocycles. The van der Waals surface area contributed by atoms with Gasteiger partial charge in [-0.15, -0.1) is 8.78 Å². The predicted octanol–water partition coefficient (Wildman–Crippen LogP) is 1.18. The number of benzene rings is 1. The van der Waals surface area contributed by atoms with Gasteiger partial charge in [0.15, 0.2) is 11.5 Å². The number of hydroxylamine groups is 1. The zero-order chi connectivity index (χ0) is 12.6. The normalized spacial score (nSPS) is 15.1. The van der Waals surface area contributed by atoms with Gasteiger partial charge in [-0.3, -0.25) is 0 Å². The quantitative estimate of drug-likeness (QED) is 0.621. The van der Waals surface area contributed by atoms with Gasteiger partial charge in [0.25, 0.3) is 0 Å². The van der Waals surface area contributed by atoms with E-state index in [4.69, 9.17) is 10.3 Å². The molecule has 3 N–H and O–H groups in total. The van der Waals surface area contributed by atoms with Gasteiger partial charge in [-0.1, -0.05) is 0 Å². The first kappa shape index (κ1) is 14.8. The van der Waals surface area contributed by atoms with Crippen molar-refractivity contribution in [2.24, 2.45) is 0 Å². The fourth-order valence-electron chi connectivity index (χ4n) is 1.47. The smallest absolute Gasteiger partial charge is 0.478 e. The molecule has 99 valence electrons. The summed E-state index contributed by atoms with van der Waals surface area (Å²) in [6.07, 6.45) is -3.80. The van der Waals surface area contributed by atoms with Crippen molar-refractivity contribution >= 4 is 5.97 Å². The van der Waals surface area contributed by atoms with E-state index in [1.807, 2.05) is 0 Å². The van der Waals surface area contributed by atoms with Gasteiger partial charge in [0.05, 0.1) is 5.56 Å². The Labute approximate surface area is 113 Å². The van der Waals surface area contributed by atoms with E-state index in [9.17, 15) is 13.6 Å². The Bertz CT molecular complexity index is 482. The maximum absolute atomic E-state index is 12.7. The zero-order valence-electron chi connectivity index (χ0n) is 8.61. The summed E-state index contributed by atoms with van der Waals surface area (Å²) in [5.74, 6) is -1.95. The van der Waals surface area contributed by atoms with Gasteiger partial charge in [0.2, 0.25) is 0 Å². The van der Waals surface area contributed by atoms with Crippen molar-refractivity contribution in [3.63, 3.8) is 0 Å². The minimum absolute atomic E-state index is 0. The minimum Gasteiger partial charge on any atom is -0.478 e. The van der Waals surface area contributed by atoms with Crippen LogP contribution in [0.15, 0.2) is 12.1 Å². The number of carboxylic acid groups (broad SMARTS) is 1. The number of nitrogens with one attached hydrogen (secondary N) is 1. The molecule has 1 aliphatic rings. The Kier molecular flexibility index (Phi) is 4.24. The van der Waals surface area contributed by atoms with Crippen molar-refractivity contribution in [2.45, 2.75) is 12.8 Å². The number of hydrogen-bond donors (Lipinski definition) is 3. The number of halogens is 2. The second-order valence-electron chi connectivity index (χ2n) is 3.26. The molecule has 2 rings (SSSR count). The Hall–Kier alpha value is -1.27. The largest absolute Gasteiger partial charge is 0.586 e. The molecule has 0 saturated heterocycles. The van der Waals surface area contributed by atoms with Crippen LogP contribution < -0.4 is 15.0 Å². The third kappa shape index (κ3) is 2.76. The Morgan fingerprint density at radius 2 is 1.89 bits per heavy atom. The van der Waals surface area contributed by atoms with Gasteiger partial charge in [-0.05, 0) is 17.7 Å². The summed E-state index contributed by atoms with van der Waals surface area (Å²) in [6, 6.07) is 1.99. The van der Waals surface area contributed by atoms with Crippen LogP contribution in [0, 0.1) is 0 Å². The van der Waals surface area contributed by atoms with E-state index in [-0.39, 0.29) is 49.6 Å². The molecule has 0 saturated carbocycles. The first-order valence-corrected chi connectivity index (χ1v) is 4.46. The first-order chi connectivity index (χ1) is 7.93. The number of carbonyl (C=O) groups is 1. The fourth-order valence-corrected chi connectivity index (χ4v) is 1.47. The Balaban J connectivity index is 0.00000162. The van der Waals surface area contributed by atoms with Crippen molar-refractivity contribution in [3.8, 4) is 11.5 Å². The monoisotopic (exact) mass is 434 g/mol. The summed E-state index contributed by atoms with van der Waals surface area (Å²) in [5.41, 5.74) is 1.58. The Morgan fingerprint density at radius 1 is 1.33 bits per heavy atom. The molecular formula is C9H7F2NO5Re. The van der Waals surface area contributed by atoms with Crippen LogP contribution in [0.25, 0.3) is 0 Å². The van der Waals surface area contributed by atoms with E-state index in [1.54, 1.807) is 5.48 Å². The van der Waals surface area contributed by atoms with Gasteiger partial charge in [0.1, 0.15) is 0 Å². The SMILES string of the molecule is O=C(O)c1cc2c(cc1CNO)OC(F)(F)O2.[Re]. The number of alkyl halides is 2. The molecule has 0 aromatic heterocycles. The summed E-state index contributed by atoms with van der Waals surface area (Å²) in [7, 11) is 0. The van der Waals surface area contributed by atoms with Crippen molar-refractivity contribution in [2.75, 3.05) is 0 Å². The molecule has 0 spiro atoms. The molecule has 1 aromatic rings. The molecule has 1 radical (unpaired) electrons. The second-order valence-corrected chi connectivity index (χ2v) is 3.26. The molecule has 1 aromatic carbocycles. The molecule has 1 aliphatic heterocycles. The van der Waals surface area contributed by atoms with Gasteiger partial charge in [-0.25, -0.2) is 10.3 Å². The molecule has 0 amide bonds.